The molecular weight excluding hydrogens is 270 g/mol. The summed E-state index contributed by atoms with van der Waals surface area (Å²) >= 11 is 1.61. The summed E-state index contributed by atoms with van der Waals surface area (Å²) in [5.41, 5.74) is 0.869. The SMILES string of the molecule is C=CON=Cc1ccc2sc3ccccc3c(=O)c2c1. The Balaban J connectivity index is 2.23. The Kier molecular flexibility index (Phi) is 3.31. The van der Waals surface area contributed by atoms with Crippen molar-refractivity contribution in [2.45, 2.75) is 0 Å². The highest BCUT2D eigenvalue weighted by Crippen LogP contribution is 2.24. The molecule has 20 heavy (non-hydrogen) atoms. The molecule has 0 fully saturated rings. The molecule has 2 aromatic carbocycles. The standard InChI is InChI=1S/C16H11NO2S/c1-2-19-17-10-11-7-8-15-13(9-11)16(18)12-5-3-4-6-14(12)20-15/h2-10H,1H2. The van der Waals surface area contributed by atoms with Gasteiger partial charge in [0.25, 0.3) is 0 Å². The van der Waals surface area contributed by atoms with Gasteiger partial charge in [0.1, 0.15) is 6.26 Å². The minimum atomic E-state index is 0.0502. The first-order valence-corrected chi connectivity index (χ1v) is 6.87. The molecule has 0 amide bonds. The van der Waals surface area contributed by atoms with Crippen LogP contribution in [0, 0.1) is 0 Å². The van der Waals surface area contributed by atoms with Crippen LogP contribution in [-0.2, 0) is 4.84 Å². The normalized spacial score (nSPS) is 11.2. The molecule has 0 radical (unpaired) electrons. The van der Waals surface area contributed by atoms with Crippen LogP contribution in [-0.4, -0.2) is 6.21 Å². The highest BCUT2D eigenvalue weighted by Gasteiger charge is 2.05. The van der Waals surface area contributed by atoms with Gasteiger partial charge in [-0.05, 0) is 29.8 Å². The molecule has 0 saturated heterocycles. The van der Waals surface area contributed by atoms with Crippen LogP contribution in [0.1, 0.15) is 5.56 Å². The molecular formula is C16H11NO2S. The van der Waals surface area contributed by atoms with Crippen molar-refractivity contribution in [3.63, 3.8) is 0 Å². The molecule has 0 aliphatic heterocycles. The van der Waals surface area contributed by atoms with Gasteiger partial charge in [-0.3, -0.25) is 4.79 Å². The zero-order valence-electron chi connectivity index (χ0n) is 10.6. The van der Waals surface area contributed by atoms with Crippen molar-refractivity contribution in [3.8, 4) is 0 Å². The third-order valence-corrected chi connectivity index (χ3v) is 4.09. The van der Waals surface area contributed by atoms with Gasteiger partial charge in [0.05, 0.1) is 6.21 Å². The van der Waals surface area contributed by atoms with Gasteiger partial charge in [-0.25, -0.2) is 0 Å². The predicted molar refractivity (Wildman–Crippen MR) is 84.5 cm³/mol. The van der Waals surface area contributed by atoms with Crippen molar-refractivity contribution >= 4 is 37.7 Å². The van der Waals surface area contributed by atoms with E-state index in [2.05, 4.69) is 11.7 Å². The average molecular weight is 281 g/mol. The Hall–Kier alpha value is -2.46. The van der Waals surface area contributed by atoms with Gasteiger partial charge in [0, 0.05) is 20.2 Å². The van der Waals surface area contributed by atoms with E-state index >= 15 is 0 Å². The molecule has 3 nitrogen and oxygen atoms in total. The van der Waals surface area contributed by atoms with E-state index in [-0.39, 0.29) is 5.43 Å². The van der Waals surface area contributed by atoms with Crippen molar-refractivity contribution in [2.24, 2.45) is 5.16 Å². The highest BCUT2D eigenvalue weighted by atomic mass is 32.1. The molecule has 0 atom stereocenters. The van der Waals surface area contributed by atoms with Crippen LogP contribution in [0.15, 0.2) is 65.3 Å². The quantitative estimate of drug-likeness (QED) is 0.316. The number of hydrogen-bond acceptors (Lipinski definition) is 4. The van der Waals surface area contributed by atoms with Crippen LogP contribution in [0.5, 0.6) is 0 Å². The fourth-order valence-electron chi connectivity index (χ4n) is 2.04. The Morgan fingerprint density at radius 3 is 2.75 bits per heavy atom. The maximum absolute atomic E-state index is 12.5. The third-order valence-electron chi connectivity index (χ3n) is 2.94. The molecule has 0 unspecified atom stereocenters. The molecule has 4 heteroatoms. The first-order valence-electron chi connectivity index (χ1n) is 6.05. The summed E-state index contributed by atoms with van der Waals surface area (Å²) < 4.78 is 1.97. The Morgan fingerprint density at radius 1 is 1.10 bits per heavy atom. The van der Waals surface area contributed by atoms with Gasteiger partial charge >= 0.3 is 0 Å². The zero-order chi connectivity index (χ0) is 13.9. The third kappa shape index (κ3) is 2.21. The molecule has 98 valence electrons. The van der Waals surface area contributed by atoms with Crippen molar-refractivity contribution in [3.05, 3.63) is 71.1 Å². The summed E-state index contributed by atoms with van der Waals surface area (Å²) in [6.07, 6.45) is 2.80. The molecule has 0 spiro atoms. The molecule has 0 bridgehead atoms. The highest BCUT2D eigenvalue weighted by molar-refractivity contribution is 7.24. The molecule has 3 aromatic rings. The van der Waals surface area contributed by atoms with Gasteiger partial charge in [-0.15, -0.1) is 11.3 Å². The number of oxime groups is 1. The van der Waals surface area contributed by atoms with Gasteiger partial charge in [0.2, 0.25) is 0 Å². The van der Waals surface area contributed by atoms with E-state index < -0.39 is 0 Å². The fraction of sp³-hybridized carbons (Fsp3) is 0. The van der Waals surface area contributed by atoms with Crippen LogP contribution < -0.4 is 5.43 Å². The average Bonchev–Trinajstić information content (AvgIpc) is 2.48. The minimum absolute atomic E-state index is 0.0502. The topological polar surface area (TPSA) is 38.7 Å². The summed E-state index contributed by atoms with van der Waals surface area (Å²) in [7, 11) is 0. The van der Waals surface area contributed by atoms with Crippen molar-refractivity contribution in [1.29, 1.82) is 0 Å². The Labute approximate surface area is 119 Å². The van der Waals surface area contributed by atoms with E-state index in [1.807, 2.05) is 42.5 Å². The van der Waals surface area contributed by atoms with Crippen molar-refractivity contribution < 1.29 is 4.84 Å². The number of benzene rings is 2. The Morgan fingerprint density at radius 2 is 1.90 bits per heavy atom. The van der Waals surface area contributed by atoms with Gasteiger partial charge in [-0.2, -0.15) is 0 Å². The molecule has 1 aromatic heterocycles. The second-order valence-corrected chi connectivity index (χ2v) is 5.27. The second-order valence-electron chi connectivity index (χ2n) is 4.19. The smallest absolute Gasteiger partial charge is 0.195 e. The molecule has 3 rings (SSSR count). The van der Waals surface area contributed by atoms with E-state index in [1.54, 1.807) is 17.6 Å². The number of fused-ring (bicyclic) bond motifs is 2. The van der Waals surface area contributed by atoms with Crippen LogP contribution in [0.3, 0.4) is 0 Å². The predicted octanol–water partition coefficient (Wildman–Crippen LogP) is 3.91. The molecule has 0 saturated carbocycles. The summed E-state index contributed by atoms with van der Waals surface area (Å²) in [5, 5.41) is 5.17. The first kappa shape index (κ1) is 12.6. The lowest BCUT2D eigenvalue weighted by Crippen LogP contribution is -2.01. The van der Waals surface area contributed by atoms with Crippen LogP contribution >= 0.6 is 11.3 Å². The van der Waals surface area contributed by atoms with Crippen LogP contribution in [0.2, 0.25) is 0 Å². The van der Waals surface area contributed by atoms with E-state index in [4.69, 9.17) is 4.84 Å². The largest absolute Gasteiger partial charge is 0.365 e. The van der Waals surface area contributed by atoms with Crippen LogP contribution in [0.25, 0.3) is 20.2 Å². The lowest BCUT2D eigenvalue weighted by molar-refractivity contribution is 0.272. The van der Waals surface area contributed by atoms with Crippen molar-refractivity contribution in [2.75, 3.05) is 0 Å². The minimum Gasteiger partial charge on any atom is -0.365 e. The Bertz CT molecular complexity index is 880. The summed E-state index contributed by atoms with van der Waals surface area (Å²) in [4.78, 5) is 17.2. The van der Waals surface area contributed by atoms with E-state index in [0.717, 1.165) is 20.3 Å². The first-order chi connectivity index (χ1) is 9.79. The second kappa shape index (κ2) is 5.27. The van der Waals surface area contributed by atoms with Crippen LogP contribution in [0.4, 0.5) is 0 Å². The van der Waals surface area contributed by atoms with Gasteiger partial charge in [0.15, 0.2) is 5.43 Å². The molecule has 0 aliphatic carbocycles. The summed E-state index contributed by atoms with van der Waals surface area (Å²) in [6, 6.07) is 13.3. The lowest BCUT2D eigenvalue weighted by atomic mass is 10.1. The fourth-order valence-corrected chi connectivity index (χ4v) is 3.09. The summed E-state index contributed by atoms with van der Waals surface area (Å²) in [6.45, 7) is 3.41. The van der Waals surface area contributed by atoms with E-state index in [1.165, 1.54) is 6.26 Å². The number of nitrogens with zero attached hydrogens (tertiary/aromatic N) is 1. The zero-order valence-corrected chi connectivity index (χ0v) is 11.4. The lowest BCUT2D eigenvalue weighted by Gasteiger charge is -2.01. The number of hydrogen-bond donors (Lipinski definition) is 0. The van der Waals surface area contributed by atoms with Crippen molar-refractivity contribution in [1.82, 2.24) is 0 Å². The van der Waals surface area contributed by atoms with Gasteiger partial charge in [-0.1, -0.05) is 29.9 Å². The number of rotatable bonds is 3. The van der Waals surface area contributed by atoms with E-state index in [9.17, 15) is 4.79 Å². The maximum atomic E-state index is 12.5. The maximum Gasteiger partial charge on any atom is 0.195 e. The molecule has 1 heterocycles. The summed E-state index contributed by atoms with van der Waals surface area (Å²) in [5.74, 6) is 0. The monoisotopic (exact) mass is 281 g/mol. The van der Waals surface area contributed by atoms with E-state index in [0.29, 0.717) is 5.39 Å². The molecule has 0 aliphatic rings. The van der Waals surface area contributed by atoms with Gasteiger partial charge < -0.3 is 4.84 Å². The molecule has 0 N–H and O–H groups in total.